The highest BCUT2D eigenvalue weighted by Gasteiger charge is 2.23. The number of carbonyl (C=O) groups excluding carboxylic acids is 1. The average Bonchev–Trinajstić information content (AvgIpc) is 2.50. The number of phenolic OH excluding ortho intramolecular Hbond substituents is 1. The molecule has 1 aromatic rings. The lowest BCUT2D eigenvalue weighted by Crippen LogP contribution is -2.46. The minimum Gasteiger partial charge on any atom is -0.508 e. The molecule has 1 saturated heterocycles. The van der Waals surface area contributed by atoms with Crippen LogP contribution in [-0.2, 0) is 4.79 Å². The first kappa shape index (κ1) is 15.8. The molecular formula is C17H26N2O2. The van der Waals surface area contributed by atoms with Gasteiger partial charge < -0.3 is 14.9 Å². The minimum atomic E-state index is 0.130. The second kappa shape index (κ2) is 7.46. The van der Waals surface area contributed by atoms with Gasteiger partial charge in [-0.1, -0.05) is 13.3 Å². The summed E-state index contributed by atoms with van der Waals surface area (Å²) in [5.74, 6) is 0.358. The average molecular weight is 290 g/mol. The lowest BCUT2D eigenvalue weighted by Gasteiger charge is -2.35. The van der Waals surface area contributed by atoms with E-state index >= 15 is 0 Å². The number of likely N-dealkylation sites (tertiary alicyclic amines) is 1. The van der Waals surface area contributed by atoms with Crippen molar-refractivity contribution in [3.05, 3.63) is 24.3 Å². The quantitative estimate of drug-likeness (QED) is 0.906. The Labute approximate surface area is 127 Å². The van der Waals surface area contributed by atoms with E-state index in [1.807, 2.05) is 24.0 Å². The van der Waals surface area contributed by atoms with Crippen molar-refractivity contribution in [1.29, 1.82) is 0 Å². The third-order valence-corrected chi connectivity index (χ3v) is 4.11. The second-order valence-electron chi connectivity index (χ2n) is 5.84. The first-order valence-electron chi connectivity index (χ1n) is 7.95. The number of carbonyl (C=O) groups is 1. The van der Waals surface area contributed by atoms with E-state index in [0.29, 0.717) is 6.42 Å². The van der Waals surface area contributed by atoms with Gasteiger partial charge in [-0.05, 0) is 57.1 Å². The number of nitrogens with zero attached hydrogens (tertiary/aromatic N) is 2. The van der Waals surface area contributed by atoms with Crippen molar-refractivity contribution in [3.8, 4) is 5.75 Å². The van der Waals surface area contributed by atoms with Gasteiger partial charge in [-0.25, -0.2) is 0 Å². The number of aromatic hydroxyl groups is 1. The third kappa shape index (κ3) is 4.21. The molecule has 0 saturated carbocycles. The number of hydrogen-bond donors (Lipinski definition) is 1. The van der Waals surface area contributed by atoms with Crippen LogP contribution in [0.2, 0.25) is 0 Å². The Balaban J connectivity index is 2.10. The highest BCUT2D eigenvalue weighted by atomic mass is 16.3. The zero-order chi connectivity index (χ0) is 15.2. The van der Waals surface area contributed by atoms with Crippen LogP contribution in [-0.4, -0.2) is 41.6 Å². The Morgan fingerprint density at radius 1 is 1.24 bits per heavy atom. The normalized spacial score (nSPS) is 17.4. The molecule has 1 heterocycles. The van der Waals surface area contributed by atoms with Crippen molar-refractivity contribution in [3.63, 3.8) is 0 Å². The Bertz CT molecular complexity index is 452. The number of anilines is 1. The molecule has 1 amide bonds. The maximum Gasteiger partial charge on any atom is 0.226 e. The molecule has 116 valence electrons. The summed E-state index contributed by atoms with van der Waals surface area (Å²) in [6.07, 6.45) is 4.33. The monoisotopic (exact) mass is 290 g/mol. The molecule has 1 unspecified atom stereocenters. The van der Waals surface area contributed by atoms with Crippen LogP contribution in [0.25, 0.3) is 0 Å². The topological polar surface area (TPSA) is 43.8 Å². The fraction of sp³-hybridized carbons (Fsp3) is 0.588. The Morgan fingerprint density at radius 2 is 1.86 bits per heavy atom. The zero-order valence-electron chi connectivity index (χ0n) is 13.1. The maximum absolute atomic E-state index is 12.3. The highest BCUT2D eigenvalue weighted by Crippen LogP contribution is 2.22. The molecule has 0 radical (unpaired) electrons. The van der Waals surface area contributed by atoms with Crippen molar-refractivity contribution in [2.75, 3.05) is 24.5 Å². The van der Waals surface area contributed by atoms with Crippen LogP contribution < -0.4 is 4.90 Å². The van der Waals surface area contributed by atoms with E-state index in [1.165, 1.54) is 19.3 Å². The van der Waals surface area contributed by atoms with Crippen LogP contribution in [0.5, 0.6) is 5.75 Å². The van der Waals surface area contributed by atoms with E-state index in [9.17, 15) is 9.90 Å². The molecule has 0 bridgehead atoms. The molecule has 1 atom stereocenters. The number of amides is 1. The molecule has 0 aromatic heterocycles. The maximum atomic E-state index is 12.3. The molecule has 1 N–H and O–H groups in total. The van der Waals surface area contributed by atoms with Gasteiger partial charge in [0.25, 0.3) is 0 Å². The van der Waals surface area contributed by atoms with Gasteiger partial charge in [0.05, 0.1) is 0 Å². The molecule has 1 aliphatic heterocycles. The Morgan fingerprint density at radius 3 is 2.43 bits per heavy atom. The summed E-state index contributed by atoms with van der Waals surface area (Å²) < 4.78 is 0. The summed E-state index contributed by atoms with van der Waals surface area (Å²) in [6.45, 7) is 7.17. The van der Waals surface area contributed by atoms with E-state index in [4.69, 9.17) is 0 Å². The van der Waals surface area contributed by atoms with Crippen LogP contribution in [0, 0.1) is 0 Å². The van der Waals surface area contributed by atoms with Gasteiger partial charge in [0.15, 0.2) is 0 Å². The van der Waals surface area contributed by atoms with E-state index in [2.05, 4.69) is 11.8 Å². The minimum absolute atomic E-state index is 0.130. The molecular weight excluding hydrogens is 264 g/mol. The summed E-state index contributed by atoms with van der Waals surface area (Å²) in [4.78, 5) is 16.6. The number of phenols is 1. The summed E-state index contributed by atoms with van der Waals surface area (Å²) in [6, 6.07) is 7.04. The van der Waals surface area contributed by atoms with Crippen LogP contribution >= 0.6 is 0 Å². The fourth-order valence-electron chi connectivity index (χ4n) is 3.03. The van der Waals surface area contributed by atoms with Gasteiger partial charge in [0.1, 0.15) is 5.75 Å². The van der Waals surface area contributed by atoms with Crippen molar-refractivity contribution in [2.24, 2.45) is 0 Å². The van der Waals surface area contributed by atoms with Crippen LogP contribution in [0.3, 0.4) is 0 Å². The fourth-order valence-corrected chi connectivity index (χ4v) is 3.03. The number of piperidine rings is 1. The smallest absolute Gasteiger partial charge is 0.226 e. The molecule has 4 nitrogen and oxygen atoms in total. The van der Waals surface area contributed by atoms with Crippen molar-refractivity contribution in [2.45, 2.75) is 45.6 Å². The summed E-state index contributed by atoms with van der Waals surface area (Å²) in [5.41, 5.74) is 0.865. The SMILES string of the molecule is CCC(=O)N(c1ccc(O)cc1)C(C)CN1CCCCC1. The molecule has 1 aromatic carbocycles. The Hall–Kier alpha value is -1.55. The predicted octanol–water partition coefficient (Wildman–Crippen LogP) is 3.01. The van der Waals surface area contributed by atoms with Gasteiger partial charge in [0.2, 0.25) is 5.91 Å². The molecule has 1 aliphatic rings. The third-order valence-electron chi connectivity index (χ3n) is 4.11. The van der Waals surface area contributed by atoms with E-state index in [0.717, 1.165) is 25.3 Å². The largest absolute Gasteiger partial charge is 0.508 e. The van der Waals surface area contributed by atoms with Gasteiger partial charge in [-0.3, -0.25) is 4.79 Å². The van der Waals surface area contributed by atoms with Crippen LogP contribution in [0.1, 0.15) is 39.5 Å². The predicted molar refractivity (Wildman–Crippen MR) is 85.6 cm³/mol. The molecule has 2 rings (SSSR count). The number of rotatable bonds is 5. The zero-order valence-corrected chi connectivity index (χ0v) is 13.1. The highest BCUT2D eigenvalue weighted by molar-refractivity contribution is 5.93. The van der Waals surface area contributed by atoms with Crippen molar-refractivity contribution < 1.29 is 9.90 Å². The summed E-state index contributed by atoms with van der Waals surface area (Å²) in [7, 11) is 0. The van der Waals surface area contributed by atoms with Crippen molar-refractivity contribution in [1.82, 2.24) is 4.90 Å². The lowest BCUT2D eigenvalue weighted by molar-refractivity contribution is -0.118. The van der Waals surface area contributed by atoms with E-state index in [-0.39, 0.29) is 17.7 Å². The molecule has 0 spiro atoms. The first-order chi connectivity index (χ1) is 10.1. The Kier molecular flexibility index (Phi) is 5.62. The first-order valence-corrected chi connectivity index (χ1v) is 7.95. The summed E-state index contributed by atoms with van der Waals surface area (Å²) in [5, 5.41) is 9.42. The van der Waals surface area contributed by atoms with Gasteiger partial charge in [-0.2, -0.15) is 0 Å². The second-order valence-corrected chi connectivity index (χ2v) is 5.84. The van der Waals surface area contributed by atoms with Gasteiger partial charge >= 0.3 is 0 Å². The number of hydrogen-bond acceptors (Lipinski definition) is 3. The van der Waals surface area contributed by atoms with Gasteiger partial charge in [-0.15, -0.1) is 0 Å². The standard InChI is InChI=1S/C17H26N2O2/c1-3-17(21)19(15-7-9-16(20)10-8-15)14(2)13-18-11-5-4-6-12-18/h7-10,14,20H,3-6,11-13H2,1-2H3. The molecule has 4 heteroatoms. The van der Waals surface area contributed by atoms with Crippen LogP contribution in [0.4, 0.5) is 5.69 Å². The summed E-state index contributed by atoms with van der Waals surface area (Å²) >= 11 is 0. The lowest BCUT2D eigenvalue weighted by atomic mass is 10.1. The molecule has 0 aliphatic carbocycles. The van der Waals surface area contributed by atoms with Gasteiger partial charge in [0, 0.05) is 24.7 Å². The van der Waals surface area contributed by atoms with Crippen LogP contribution in [0.15, 0.2) is 24.3 Å². The molecule has 21 heavy (non-hydrogen) atoms. The molecule has 1 fully saturated rings. The van der Waals surface area contributed by atoms with E-state index < -0.39 is 0 Å². The van der Waals surface area contributed by atoms with Crippen molar-refractivity contribution >= 4 is 11.6 Å². The number of benzene rings is 1. The van der Waals surface area contributed by atoms with E-state index in [1.54, 1.807) is 12.1 Å².